The van der Waals surface area contributed by atoms with E-state index in [-0.39, 0.29) is 17.6 Å². The number of nitro groups is 1. The summed E-state index contributed by atoms with van der Waals surface area (Å²) < 4.78 is 0.590. The Labute approximate surface area is 131 Å². The molecule has 1 aliphatic rings. The van der Waals surface area contributed by atoms with E-state index in [1.165, 1.54) is 12.1 Å². The number of hydrogen-bond acceptors (Lipinski definition) is 4. The van der Waals surface area contributed by atoms with Gasteiger partial charge in [-0.05, 0) is 48.3 Å². The highest BCUT2D eigenvalue weighted by atomic mass is 79.9. The number of nitrogens with zero attached hydrogens (tertiary/aromatic N) is 2. The summed E-state index contributed by atoms with van der Waals surface area (Å²) in [6, 6.07) is 4.43. The molecule has 1 N–H and O–H groups in total. The smallest absolute Gasteiger partial charge is 0.270 e. The predicted octanol–water partition coefficient (Wildman–Crippen LogP) is 2.57. The maximum absolute atomic E-state index is 12.7. The SMILES string of the molecule is CNCC1CCCCN1C(=O)c1cc([N+](=O)[O-])ccc1Br. The molecule has 0 radical (unpaired) electrons. The van der Waals surface area contributed by atoms with Crippen molar-refractivity contribution < 1.29 is 9.72 Å². The molecule has 7 heteroatoms. The summed E-state index contributed by atoms with van der Waals surface area (Å²) in [5.41, 5.74) is 0.288. The number of hydrogen-bond donors (Lipinski definition) is 1. The Morgan fingerprint density at radius 1 is 1.52 bits per heavy atom. The Morgan fingerprint density at radius 2 is 2.29 bits per heavy atom. The first-order valence-electron chi connectivity index (χ1n) is 6.94. The molecule has 1 atom stereocenters. The molecule has 2 rings (SSSR count). The molecule has 1 saturated heterocycles. The molecule has 1 fully saturated rings. The predicted molar refractivity (Wildman–Crippen MR) is 83.4 cm³/mol. The molecule has 0 saturated carbocycles. The number of nitro benzene ring substituents is 1. The van der Waals surface area contributed by atoms with E-state index in [1.54, 1.807) is 6.07 Å². The van der Waals surface area contributed by atoms with Crippen LogP contribution in [0.4, 0.5) is 5.69 Å². The fourth-order valence-corrected chi connectivity index (χ4v) is 3.08. The van der Waals surface area contributed by atoms with Crippen LogP contribution in [-0.2, 0) is 0 Å². The van der Waals surface area contributed by atoms with Crippen LogP contribution < -0.4 is 5.32 Å². The van der Waals surface area contributed by atoms with Gasteiger partial charge in [-0.25, -0.2) is 0 Å². The Morgan fingerprint density at radius 3 is 2.95 bits per heavy atom. The van der Waals surface area contributed by atoms with Crippen LogP contribution in [0.25, 0.3) is 0 Å². The van der Waals surface area contributed by atoms with Crippen molar-refractivity contribution >= 4 is 27.5 Å². The maximum atomic E-state index is 12.7. The van der Waals surface area contributed by atoms with Gasteiger partial charge in [0.05, 0.1) is 10.5 Å². The number of likely N-dealkylation sites (tertiary alicyclic amines) is 1. The van der Waals surface area contributed by atoms with Crippen LogP contribution in [0.3, 0.4) is 0 Å². The van der Waals surface area contributed by atoms with Crippen molar-refractivity contribution in [1.82, 2.24) is 10.2 Å². The number of rotatable bonds is 4. The fraction of sp³-hybridized carbons (Fsp3) is 0.500. The molecule has 1 aromatic rings. The first-order valence-corrected chi connectivity index (χ1v) is 7.73. The second-order valence-corrected chi connectivity index (χ2v) is 5.98. The van der Waals surface area contributed by atoms with Gasteiger partial charge in [0.15, 0.2) is 0 Å². The van der Waals surface area contributed by atoms with Crippen LogP contribution in [0.1, 0.15) is 29.6 Å². The molecular weight excluding hydrogens is 338 g/mol. The van der Waals surface area contributed by atoms with E-state index < -0.39 is 4.92 Å². The van der Waals surface area contributed by atoms with Gasteiger partial charge in [-0.2, -0.15) is 0 Å². The zero-order chi connectivity index (χ0) is 15.4. The van der Waals surface area contributed by atoms with Crippen LogP contribution in [-0.4, -0.2) is 41.9 Å². The third kappa shape index (κ3) is 3.59. The first kappa shape index (κ1) is 15.9. The molecular formula is C14H18BrN3O3. The number of benzene rings is 1. The van der Waals surface area contributed by atoms with Gasteiger partial charge in [0.25, 0.3) is 11.6 Å². The van der Waals surface area contributed by atoms with E-state index >= 15 is 0 Å². The lowest BCUT2D eigenvalue weighted by Gasteiger charge is -2.36. The summed E-state index contributed by atoms with van der Waals surface area (Å²) in [7, 11) is 1.86. The molecule has 1 aliphatic heterocycles. The van der Waals surface area contributed by atoms with E-state index in [0.717, 1.165) is 25.8 Å². The van der Waals surface area contributed by atoms with E-state index in [2.05, 4.69) is 21.2 Å². The number of amides is 1. The monoisotopic (exact) mass is 355 g/mol. The fourth-order valence-electron chi connectivity index (χ4n) is 2.66. The van der Waals surface area contributed by atoms with Gasteiger partial charge >= 0.3 is 0 Å². The quantitative estimate of drug-likeness (QED) is 0.665. The molecule has 1 unspecified atom stereocenters. The van der Waals surface area contributed by atoms with Crippen LogP contribution >= 0.6 is 15.9 Å². The molecule has 0 spiro atoms. The molecule has 0 bridgehead atoms. The topological polar surface area (TPSA) is 75.5 Å². The third-order valence-corrected chi connectivity index (χ3v) is 4.41. The Hall–Kier alpha value is -1.47. The molecule has 6 nitrogen and oxygen atoms in total. The van der Waals surface area contributed by atoms with Crippen LogP contribution in [0.15, 0.2) is 22.7 Å². The highest BCUT2D eigenvalue weighted by Gasteiger charge is 2.28. The average molecular weight is 356 g/mol. The van der Waals surface area contributed by atoms with Crippen LogP contribution in [0.5, 0.6) is 0 Å². The largest absolute Gasteiger partial charge is 0.334 e. The van der Waals surface area contributed by atoms with E-state index in [4.69, 9.17) is 0 Å². The van der Waals surface area contributed by atoms with Gasteiger partial charge in [-0.1, -0.05) is 0 Å². The van der Waals surface area contributed by atoms with E-state index in [9.17, 15) is 14.9 Å². The minimum Gasteiger partial charge on any atom is -0.334 e. The van der Waals surface area contributed by atoms with E-state index in [1.807, 2.05) is 11.9 Å². The van der Waals surface area contributed by atoms with Crippen molar-refractivity contribution in [2.75, 3.05) is 20.1 Å². The molecule has 114 valence electrons. The summed E-state index contributed by atoms with van der Waals surface area (Å²) >= 11 is 3.32. The lowest BCUT2D eigenvalue weighted by atomic mass is 10.0. The van der Waals surface area contributed by atoms with Crippen molar-refractivity contribution in [3.05, 3.63) is 38.3 Å². The lowest BCUT2D eigenvalue weighted by molar-refractivity contribution is -0.384. The van der Waals surface area contributed by atoms with Crippen molar-refractivity contribution in [3.8, 4) is 0 Å². The van der Waals surface area contributed by atoms with Gasteiger partial charge < -0.3 is 10.2 Å². The summed E-state index contributed by atoms with van der Waals surface area (Å²) in [6.07, 6.45) is 3.03. The van der Waals surface area contributed by atoms with Gasteiger partial charge in [-0.3, -0.25) is 14.9 Å². The minimum atomic E-state index is -0.482. The van der Waals surface area contributed by atoms with Gasteiger partial charge in [0.1, 0.15) is 0 Å². The van der Waals surface area contributed by atoms with E-state index in [0.29, 0.717) is 16.6 Å². The highest BCUT2D eigenvalue weighted by Crippen LogP contribution is 2.26. The van der Waals surface area contributed by atoms with Crippen molar-refractivity contribution in [3.63, 3.8) is 0 Å². The minimum absolute atomic E-state index is 0.0660. The molecule has 1 heterocycles. The molecule has 0 aromatic heterocycles. The molecule has 1 amide bonds. The highest BCUT2D eigenvalue weighted by molar-refractivity contribution is 9.10. The van der Waals surface area contributed by atoms with Gasteiger partial charge in [0.2, 0.25) is 0 Å². The number of nitrogens with one attached hydrogen (secondary N) is 1. The number of carbonyl (C=O) groups excluding carboxylic acids is 1. The maximum Gasteiger partial charge on any atom is 0.270 e. The van der Waals surface area contributed by atoms with Crippen molar-refractivity contribution in [2.24, 2.45) is 0 Å². The first-order chi connectivity index (χ1) is 10.0. The second-order valence-electron chi connectivity index (χ2n) is 5.13. The zero-order valence-electron chi connectivity index (χ0n) is 11.8. The zero-order valence-corrected chi connectivity index (χ0v) is 13.4. The lowest BCUT2D eigenvalue weighted by Crippen LogP contribution is -2.48. The Bertz CT molecular complexity index is 548. The molecule has 21 heavy (non-hydrogen) atoms. The number of likely N-dealkylation sites (N-methyl/N-ethyl adjacent to an activating group) is 1. The average Bonchev–Trinajstić information content (AvgIpc) is 2.47. The summed E-state index contributed by atoms with van der Waals surface area (Å²) in [6.45, 7) is 1.43. The van der Waals surface area contributed by atoms with Gasteiger partial charge in [-0.15, -0.1) is 0 Å². The van der Waals surface area contributed by atoms with Crippen molar-refractivity contribution in [1.29, 1.82) is 0 Å². The summed E-state index contributed by atoms with van der Waals surface area (Å²) in [5, 5.41) is 14.0. The second kappa shape index (κ2) is 7.00. The van der Waals surface area contributed by atoms with Crippen LogP contribution in [0.2, 0.25) is 0 Å². The third-order valence-electron chi connectivity index (χ3n) is 3.72. The molecule has 1 aromatic carbocycles. The van der Waals surface area contributed by atoms with Gasteiger partial charge in [0, 0.05) is 35.7 Å². The number of piperidine rings is 1. The summed E-state index contributed by atoms with van der Waals surface area (Å²) in [5.74, 6) is -0.148. The molecule has 0 aliphatic carbocycles. The Kier molecular flexibility index (Phi) is 5.30. The Balaban J connectivity index is 2.29. The summed E-state index contributed by atoms with van der Waals surface area (Å²) in [4.78, 5) is 25.0. The van der Waals surface area contributed by atoms with Crippen LogP contribution in [0, 0.1) is 10.1 Å². The number of halogens is 1. The van der Waals surface area contributed by atoms with Crippen molar-refractivity contribution in [2.45, 2.75) is 25.3 Å². The number of carbonyl (C=O) groups is 1. The standard InChI is InChI=1S/C14H18BrN3O3/c1-16-9-11-4-2-3-7-17(11)14(19)12-8-10(18(20)21)5-6-13(12)15/h5-6,8,11,16H,2-4,7,9H2,1H3. The normalized spacial score (nSPS) is 18.6. The number of non-ortho nitro benzene ring substituents is 1.